The summed E-state index contributed by atoms with van der Waals surface area (Å²) in [7, 11) is 0. The van der Waals surface area contributed by atoms with Gasteiger partial charge in [-0.1, -0.05) is 50.8 Å². The highest BCUT2D eigenvalue weighted by Crippen LogP contribution is 2.18. The van der Waals surface area contributed by atoms with Crippen LogP contribution in [0.1, 0.15) is 67.1 Å². The lowest BCUT2D eigenvalue weighted by molar-refractivity contribution is -0.122. The van der Waals surface area contributed by atoms with E-state index in [0.29, 0.717) is 30.6 Å². The summed E-state index contributed by atoms with van der Waals surface area (Å²) in [6.45, 7) is 7.97. The summed E-state index contributed by atoms with van der Waals surface area (Å²) in [5.74, 6) is 6.35. The molecule has 39 heavy (non-hydrogen) atoms. The number of allylic oxidation sites excluding steroid dienone is 1. The quantitative estimate of drug-likeness (QED) is 0.312. The van der Waals surface area contributed by atoms with Crippen molar-refractivity contribution in [1.82, 2.24) is 20.4 Å². The van der Waals surface area contributed by atoms with E-state index in [9.17, 15) is 9.59 Å². The minimum Gasteiger partial charge on any atom is -0.352 e. The van der Waals surface area contributed by atoms with Crippen molar-refractivity contribution >= 4 is 18.0 Å². The number of aliphatic imine (C=N–C) groups is 1. The van der Waals surface area contributed by atoms with Gasteiger partial charge in [0.2, 0.25) is 5.91 Å². The van der Waals surface area contributed by atoms with Crippen molar-refractivity contribution in [3.05, 3.63) is 94.8 Å². The maximum Gasteiger partial charge on any atom is 0.251 e. The van der Waals surface area contributed by atoms with Crippen LogP contribution in [0, 0.1) is 17.3 Å². The summed E-state index contributed by atoms with van der Waals surface area (Å²) in [5, 5.41) is 10.3. The molecule has 0 radical (unpaired) electrons. The number of hydrogen-bond donors (Lipinski definition) is 2. The predicted octanol–water partition coefficient (Wildman–Crippen LogP) is 4.85. The predicted molar refractivity (Wildman–Crippen MR) is 155 cm³/mol. The van der Waals surface area contributed by atoms with Crippen LogP contribution in [0.25, 0.3) is 5.69 Å². The monoisotopic (exact) mass is 521 g/mol. The molecule has 4 rings (SSSR count). The standard InChI is InChI=1S/C32H35N5O2/c1-32(2,3)21-30(38)35-23-26-9-7-24(8-10-26)11-12-27-20-28(13-14-29(27)37-19-5-17-36-37)31(39)34-16-4-6-25-15-18-33-22-25/h5,7-10,13-15,17,19-20,22H,4,6,16,18,21,23H2,1-3H3,(H,34,39)(H,35,38). The second kappa shape index (κ2) is 12.9. The Morgan fingerprint density at radius 1 is 1.05 bits per heavy atom. The normalized spacial score (nSPS) is 12.4. The zero-order valence-electron chi connectivity index (χ0n) is 22.8. The largest absolute Gasteiger partial charge is 0.352 e. The van der Waals surface area contributed by atoms with Gasteiger partial charge in [0.05, 0.1) is 17.8 Å². The fourth-order valence-corrected chi connectivity index (χ4v) is 4.13. The molecule has 2 N–H and O–H groups in total. The van der Waals surface area contributed by atoms with E-state index in [-0.39, 0.29) is 17.2 Å². The maximum atomic E-state index is 12.8. The Morgan fingerprint density at radius 3 is 2.56 bits per heavy atom. The van der Waals surface area contributed by atoms with Crippen LogP contribution in [-0.4, -0.2) is 40.9 Å². The van der Waals surface area contributed by atoms with Crippen molar-refractivity contribution in [3.8, 4) is 17.5 Å². The Balaban J connectivity index is 1.43. The third kappa shape index (κ3) is 8.54. The fourth-order valence-electron chi connectivity index (χ4n) is 4.13. The first-order valence-electron chi connectivity index (χ1n) is 13.3. The number of carbonyl (C=O) groups excluding carboxylic acids is 2. The van der Waals surface area contributed by atoms with E-state index >= 15 is 0 Å². The smallest absolute Gasteiger partial charge is 0.251 e. The molecular weight excluding hydrogens is 486 g/mol. The van der Waals surface area contributed by atoms with E-state index < -0.39 is 0 Å². The number of nitrogens with zero attached hydrogens (tertiary/aromatic N) is 3. The minimum absolute atomic E-state index is 0.0424. The summed E-state index contributed by atoms with van der Waals surface area (Å²) < 4.78 is 1.74. The number of rotatable bonds is 9. The number of carbonyl (C=O) groups is 2. The van der Waals surface area contributed by atoms with Crippen molar-refractivity contribution in [2.45, 2.75) is 46.6 Å². The highest BCUT2D eigenvalue weighted by Gasteiger charge is 2.15. The molecule has 0 saturated carbocycles. The molecule has 2 aromatic carbocycles. The third-order valence-corrected chi connectivity index (χ3v) is 6.13. The van der Waals surface area contributed by atoms with E-state index in [2.05, 4.69) is 38.6 Å². The van der Waals surface area contributed by atoms with Gasteiger partial charge < -0.3 is 10.6 Å². The molecule has 200 valence electrons. The Morgan fingerprint density at radius 2 is 1.87 bits per heavy atom. The molecule has 0 bridgehead atoms. The van der Waals surface area contributed by atoms with Gasteiger partial charge in [0, 0.05) is 49.2 Å². The average Bonchev–Trinajstić information content (AvgIpc) is 3.63. The Labute approximate surface area is 230 Å². The third-order valence-electron chi connectivity index (χ3n) is 6.13. The first-order chi connectivity index (χ1) is 18.8. The molecule has 7 heteroatoms. The summed E-state index contributed by atoms with van der Waals surface area (Å²) in [6.07, 6.45) is 9.82. The van der Waals surface area contributed by atoms with Gasteiger partial charge in [-0.25, -0.2) is 4.68 Å². The molecule has 0 saturated heterocycles. The van der Waals surface area contributed by atoms with Crippen LogP contribution in [-0.2, 0) is 11.3 Å². The van der Waals surface area contributed by atoms with Crippen molar-refractivity contribution < 1.29 is 9.59 Å². The number of amides is 2. The Kier molecular flexibility index (Phi) is 9.11. The van der Waals surface area contributed by atoms with Gasteiger partial charge in [0.1, 0.15) is 0 Å². The molecule has 1 aliphatic heterocycles. The molecule has 0 fully saturated rings. The summed E-state index contributed by atoms with van der Waals surface area (Å²) >= 11 is 0. The fraction of sp³-hybridized carbons (Fsp3) is 0.312. The SMILES string of the molecule is CC(C)(C)CC(=O)NCc1ccc(C#Cc2cc(C(=O)NCCCC3=CCN=C3)ccc2-n2cccn2)cc1. The molecule has 2 heterocycles. The summed E-state index contributed by atoms with van der Waals surface area (Å²) in [5.41, 5.74) is 5.09. The molecule has 7 nitrogen and oxygen atoms in total. The summed E-state index contributed by atoms with van der Waals surface area (Å²) in [6, 6.07) is 15.1. The number of hydrogen-bond acceptors (Lipinski definition) is 4. The van der Waals surface area contributed by atoms with Gasteiger partial charge in [-0.2, -0.15) is 5.10 Å². The van der Waals surface area contributed by atoms with Crippen LogP contribution >= 0.6 is 0 Å². The van der Waals surface area contributed by atoms with Crippen molar-refractivity contribution in [3.63, 3.8) is 0 Å². The van der Waals surface area contributed by atoms with E-state index in [1.54, 1.807) is 16.9 Å². The Bertz CT molecular complexity index is 1420. The van der Waals surface area contributed by atoms with Gasteiger partial charge >= 0.3 is 0 Å². The molecule has 1 aliphatic rings. The first-order valence-corrected chi connectivity index (χ1v) is 13.3. The lowest BCUT2D eigenvalue weighted by Gasteiger charge is -2.17. The van der Waals surface area contributed by atoms with Crippen molar-refractivity contribution in [2.75, 3.05) is 13.1 Å². The van der Waals surface area contributed by atoms with E-state index in [0.717, 1.165) is 36.2 Å². The van der Waals surface area contributed by atoms with Gasteiger partial charge in [-0.15, -0.1) is 0 Å². The van der Waals surface area contributed by atoms with Crippen LogP contribution in [0.2, 0.25) is 0 Å². The van der Waals surface area contributed by atoms with Crippen LogP contribution in [0.15, 0.2) is 77.6 Å². The molecule has 0 aliphatic carbocycles. The minimum atomic E-state index is -0.128. The molecule has 1 aromatic heterocycles. The number of aromatic nitrogens is 2. The van der Waals surface area contributed by atoms with Crippen molar-refractivity contribution in [2.24, 2.45) is 10.4 Å². The maximum absolute atomic E-state index is 12.8. The highest BCUT2D eigenvalue weighted by atomic mass is 16.2. The Hall–Kier alpha value is -4.44. The number of benzene rings is 2. The lowest BCUT2D eigenvalue weighted by atomic mass is 9.92. The lowest BCUT2D eigenvalue weighted by Crippen LogP contribution is -2.27. The van der Waals surface area contributed by atoms with Gasteiger partial charge in [0.15, 0.2) is 0 Å². The van der Waals surface area contributed by atoms with Gasteiger partial charge in [0.25, 0.3) is 5.91 Å². The molecule has 0 spiro atoms. The topological polar surface area (TPSA) is 88.4 Å². The molecular formula is C32H35N5O2. The zero-order chi connectivity index (χ0) is 27.7. The van der Waals surface area contributed by atoms with Crippen LogP contribution in [0.5, 0.6) is 0 Å². The highest BCUT2D eigenvalue weighted by molar-refractivity contribution is 5.95. The van der Waals surface area contributed by atoms with E-state index in [1.807, 2.05) is 75.6 Å². The second-order valence-corrected chi connectivity index (χ2v) is 10.8. The van der Waals surface area contributed by atoms with Crippen LogP contribution in [0.3, 0.4) is 0 Å². The first kappa shape index (κ1) is 27.6. The van der Waals surface area contributed by atoms with E-state index in [4.69, 9.17) is 0 Å². The average molecular weight is 522 g/mol. The van der Waals surface area contributed by atoms with Crippen LogP contribution < -0.4 is 10.6 Å². The number of nitrogens with one attached hydrogen (secondary N) is 2. The molecule has 2 amide bonds. The van der Waals surface area contributed by atoms with Crippen LogP contribution in [0.4, 0.5) is 0 Å². The van der Waals surface area contributed by atoms with Crippen molar-refractivity contribution in [1.29, 1.82) is 0 Å². The van der Waals surface area contributed by atoms with Gasteiger partial charge in [-0.05, 0) is 65.8 Å². The molecule has 0 unspecified atom stereocenters. The molecule has 0 atom stereocenters. The zero-order valence-corrected chi connectivity index (χ0v) is 22.8. The summed E-state index contributed by atoms with van der Waals surface area (Å²) in [4.78, 5) is 29.1. The van der Waals surface area contributed by atoms with Gasteiger partial charge in [-0.3, -0.25) is 14.6 Å². The second-order valence-electron chi connectivity index (χ2n) is 10.8. The molecule has 3 aromatic rings. The van der Waals surface area contributed by atoms with E-state index in [1.165, 1.54) is 5.57 Å².